The Bertz CT molecular complexity index is 645. The molecule has 0 aromatic heterocycles. The minimum Gasteiger partial charge on any atom is -0.495 e. The predicted molar refractivity (Wildman–Crippen MR) is 96.0 cm³/mol. The highest BCUT2D eigenvalue weighted by molar-refractivity contribution is 6.31. The van der Waals surface area contributed by atoms with Gasteiger partial charge in [0.15, 0.2) is 0 Å². The number of hydrogen-bond donors (Lipinski definition) is 3. The lowest BCUT2D eigenvalue weighted by atomic mass is 9.90. The van der Waals surface area contributed by atoms with Crippen LogP contribution in [0, 0.1) is 6.92 Å². The van der Waals surface area contributed by atoms with E-state index < -0.39 is 5.54 Å². The van der Waals surface area contributed by atoms with E-state index in [-0.39, 0.29) is 24.8 Å². The molecule has 1 saturated heterocycles. The Morgan fingerprint density at radius 2 is 2.04 bits per heavy atom. The highest BCUT2D eigenvalue weighted by atomic mass is 35.5. The summed E-state index contributed by atoms with van der Waals surface area (Å²) in [7, 11) is 1.51. The van der Waals surface area contributed by atoms with Crippen molar-refractivity contribution in [3.63, 3.8) is 0 Å². The van der Waals surface area contributed by atoms with Crippen molar-refractivity contribution in [3.8, 4) is 5.75 Å². The van der Waals surface area contributed by atoms with Gasteiger partial charge in [0, 0.05) is 37.3 Å². The molecule has 138 valence electrons. The number of halogens is 1. The van der Waals surface area contributed by atoms with Gasteiger partial charge in [-0.2, -0.15) is 0 Å². The molecular weight excluding hydrogens is 346 g/mol. The Morgan fingerprint density at radius 1 is 1.36 bits per heavy atom. The minimum absolute atomic E-state index is 0.128. The van der Waals surface area contributed by atoms with Gasteiger partial charge in [-0.15, -0.1) is 0 Å². The third kappa shape index (κ3) is 5.07. The van der Waals surface area contributed by atoms with Gasteiger partial charge in [0.2, 0.25) is 11.8 Å². The topological polar surface area (TPSA) is 103 Å². The van der Waals surface area contributed by atoms with Crippen LogP contribution < -0.4 is 21.1 Å². The molecule has 0 unspecified atom stereocenters. The fourth-order valence-electron chi connectivity index (χ4n) is 2.57. The van der Waals surface area contributed by atoms with E-state index >= 15 is 0 Å². The van der Waals surface area contributed by atoms with Crippen LogP contribution in [0.5, 0.6) is 5.75 Å². The summed E-state index contributed by atoms with van der Waals surface area (Å²) in [4.78, 5) is 24.3. The molecule has 0 radical (unpaired) electrons. The van der Waals surface area contributed by atoms with Gasteiger partial charge in [-0.3, -0.25) is 9.59 Å². The number of nitrogens with one attached hydrogen (secondary N) is 2. The molecule has 0 atom stereocenters. The maximum atomic E-state index is 12.2. The lowest BCUT2D eigenvalue weighted by molar-refractivity contribution is -0.129. The molecule has 1 aliphatic rings. The minimum atomic E-state index is -0.911. The molecule has 0 spiro atoms. The summed E-state index contributed by atoms with van der Waals surface area (Å²) in [6.45, 7) is 2.99. The van der Waals surface area contributed by atoms with E-state index in [9.17, 15) is 9.59 Å². The summed E-state index contributed by atoms with van der Waals surface area (Å²) in [6, 6.07) is 3.39. The van der Waals surface area contributed by atoms with Crippen LogP contribution >= 0.6 is 11.6 Å². The third-order valence-electron chi connectivity index (χ3n) is 4.23. The van der Waals surface area contributed by atoms with Crippen molar-refractivity contribution < 1.29 is 19.1 Å². The van der Waals surface area contributed by atoms with E-state index in [1.54, 1.807) is 12.1 Å². The maximum Gasteiger partial charge on any atom is 0.240 e. The first-order valence-electron chi connectivity index (χ1n) is 8.14. The molecule has 1 aliphatic heterocycles. The van der Waals surface area contributed by atoms with Gasteiger partial charge in [0.25, 0.3) is 0 Å². The molecule has 7 nitrogen and oxygen atoms in total. The average Bonchev–Trinajstić information content (AvgIpc) is 2.58. The van der Waals surface area contributed by atoms with E-state index in [4.69, 9.17) is 26.8 Å². The van der Waals surface area contributed by atoms with Crippen LogP contribution in [0.25, 0.3) is 0 Å². The monoisotopic (exact) mass is 369 g/mol. The molecule has 1 fully saturated rings. The number of hydrogen-bond acceptors (Lipinski definition) is 5. The zero-order chi connectivity index (χ0) is 18.4. The first kappa shape index (κ1) is 19.5. The second-order valence-electron chi connectivity index (χ2n) is 6.12. The number of ether oxygens (including phenoxy) is 2. The third-order valence-corrected chi connectivity index (χ3v) is 4.64. The lowest BCUT2D eigenvalue weighted by Gasteiger charge is -2.31. The number of anilines is 1. The summed E-state index contributed by atoms with van der Waals surface area (Å²) < 4.78 is 10.4. The Hall–Kier alpha value is -1.83. The number of carbonyl (C=O) groups excluding carboxylic acids is 2. The normalized spacial score (nSPS) is 16.2. The lowest BCUT2D eigenvalue weighted by Crippen LogP contribution is -2.57. The number of methoxy groups -OCH3 is 1. The van der Waals surface area contributed by atoms with Crippen molar-refractivity contribution in [2.45, 2.75) is 31.7 Å². The first-order valence-corrected chi connectivity index (χ1v) is 8.52. The van der Waals surface area contributed by atoms with Crippen LogP contribution in [0.15, 0.2) is 12.1 Å². The number of benzene rings is 1. The zero-order valence-electron chi connectivity index (χ0n) is 14.5. The number of aryl methyl sites for hydroxylation is 1. The maximum absolute atomic E-state index is 12.2. The van der Waals surface area contributed by atoms with Crippen molar-refractivity contribution in [1.82, 2.24) is 5.32 Å². The van der Waals surface area contributed by atoms with Crippen molar-refractivity contribution in [2.75, 3.05) is 32.2 Å². The highest BCUT2D eigenvalue weighted by Crippen LogP contribution is 2.30. The predicted octanol–water partition coefficient (Wildman–Crippen LogP) is 1.61. The Labute approximate surface area is 152 Å². The molecule has 0 saturated carbocycles. The standard InChI is InChI=1S/C17H24ClN3O4/c1-11-9-13(14(24-2)10-12(11)18)21-15(22)3-6-20-16(23)17(19)4-7-25-8-5-17/h9-10H,3-8,19H2,1-2H3,(H,20,23)(H,21,22). The van der Waals surface area contributed by atoms with Crippen molar-refractivity contribution in [1.29, 1.82) is 0 Å². The molecule has 25 heavy (non-hydrogen) atoms. The summed E-state index contributed by atoms with van der Waals surface area (Å²) >= 11 is 6.05. The molecule has 1 aromatic rings. The number of nitrogens with two attached hydrogens (primary N) is 1. The van der Waals surface area contributed by atoms with E-state index in [2.05, 4.69) is 10.6 Å². The quantitative estimate of drug-likeness (QED) is 0.707. The Morgan fingerprint density at radius 3 is 2.68 bits per heavy atom. The van der Waals surface area contributed by atoms with Crippen LogP contribution in [-0.2, 0) is 14.3 Å². The second-order valence-corrected chi connectivity index (χ2v) is 6.53. The van der Waals surface area contributed by atoms with Gasteiger partial charge < -0.3 is 25.8 Å². The summed E-state index contributed by atoms with van der Waals surface area (Å²) in [5.41, 5.74) is 6.55. The molecule has 1 aromatic carbocycles. The fraction of sp³-hybridized carbons (Fsp3) is 0.529. The average molecular weight is 370 g/mol. The van der Waals surface area contributed by atoms with E-state index in [0.717, 1.165) is 5.56 Å². The van der Waals surface area contributed by atoms with Crippen molar-refractivity contribution in [3.05, 3.63) is 22.7 Å². The van der Waals surface area contributed by atoms with E-state index in [1.165, 1.54) is 7.11 Å². The molecule has 8 heteroatoms. The number of amides is 2. The largest absolute Gasteiger partial charge is 0.495 e. The molecule has 0 aliphatic carbocycles. The van der Waals surface area contributed by atoms with Crippen LogP contribution in [0.2, 0.25) is 5.02 Å². The zero-order valence-corrected chi connectivity index (χ0v) is 15.2. The van der Waals surface area contributed by atoms with Crippen LogP contribution in [0.3, 0.4) is 0 Å². The van der Waals surface area contributed by atoms with Crippen molar-refractivity contribution >= 4 is 29.1 Å². The molecular formula is C17H24ClN3O4. The molecule has 1 heterocycles. The van der Waals surface area contributed by atoms with Gasteiger partial charge in [-0.1, -0.05) is 11.6 Å². The second kappa shape index (κ2) is 8.51. The summed E-state index contributed by atoms with van der Waals surface area (Å²) in [5.74, 6) is -0.00186. The van der Waals surface area contributed by atoms with Gasteiger partial charge in [0.1, 0.15) is 5.75 Å². The van der Waals surface area contributed by atoms with Crippen LogP contribution in [-0.4, -0.2) is 44.2 Å². The highest BCUT2D eigenvalue weighted by Gasteiger charge is 2.35. The fourth-order valence-corrected chi connectivity index (χ4v) is 2.72. The number of carbonyl (C=O) groups is 2. The Balaban J connectivity index is 1.85. The van der Waals surface area contributed by atoms with Gasteiger partial charge in [-0.05, 0) is 31.4 Å². The van der Waals surface area contributed by atoms with E-state index in [0.29, 0.717) is 42.5 Å². The van der Waals surface area contributed by atoms with E-state index in [1.807, 2.05) is 6.92 Å². The smallest absolute Gasteiger partial charge is 0.240 e. The molecule has 0 bridgehead atoms. The SMILES string of the molecule is COc1cc(Cl)c(C)cc1NC(=O)CCNC(=O)C1(N)CCOCC1. The first-order chi connectivity index (χ1) is 11.9. The van der Waals surface area contributed by atoms with Gasteiger partial charge >= 0.3 is 0 Å². The molecule has 2 amide bonds. The summed E-state index contributed by atoms with van der Waals surface area (Å²) in [5, 5.41) is 6.06. The molecule has 2 rings (SSSR count). The van der Waals surface area contributed by atoms with Crippen LogP contribution in [0.1, 0.15) is 24.8 Å². The number of rotatable bonds is 6. The van der Waals surface area contributed by atoms with Crippen molar-refractivity contribution in [2.24, 2.45) is 5.73 Å². The van der Waals surface area contributed by atoms with Gasteiger partial charge in [0.05, 0.1) is 18.3 Å². The van der Waals surface area contributed by atoms with Gasteiger partial charge in [-0.25, -0.2) is 0 Å². The summed E-state index contributed by atoms with van der Waals surface area (Å²) in [6.07, 6.45) is 1.09. The Kier molecular flexibility index (Phi) is 6.64. The van der Waals surface area contributed by atoms with Crippen LogP contribution in [0.4, 0.5) is 5.69 Å². The molecule has 4 N–H and O–H groups in total.